The third kappa shape index (κ3) is 4.37. The Kier molecular flexibility index (Phi) is 5.65. The predicted octanol–water partition coefficient (Wildman–Crippen LogP) is 2.27. The lowest BCUT2D eigenvalue weighted by Crippen LogP contribution is -2.29. The zero-order chi connectivity index (χ0) is 16.0. The maximum absolute atomic E-state index is 12.9. The highest BCUT2D eigenvalue weighted by Gasteiger charge is 2.18. The minimum absolute atomic E-state index is 0.0183. The molecular weight excluding hydrogens is 305 g/mol. The van der Waals surface area contributed by atoms with Gasteiger partial charge in [0.05, 0.1) is 4.90 Å². The van der Waals surface area contributed by atoms with Gasteiger partial charge in [0.25, 0.3) is 0 Å². The van der Waals surface area contributed by atoms with Crippen LogP contribution < -0.4 is 4.72 Å². The minimum atomic E-state index is -3.70. The molecule has 0 heterocycles. The molecule has 0 spiro atoms. The molecule has 0 aliphatic rings. The first-order valence-electron chi connectivity index (χ1n) is 6.94. The summed E-state index contributed by atoms with van der Waals surface area (Å²) in [4.78, 5) is 0.0183. The Morgan fingerprint density at radius 1 is 1.05 bits per heavy atom. The molecule has 0 saturated heterocycles. The van der Waals surface area contributed by atoms with Crippen molar-refractivity contribution in [3.05, 3.63) is 66.0 Å². The largest absolute Gasteiger partial charge is 0.396 e. The lowest BCUT2D eigenvalue weighted by Gasteiger charge is -2.17. The van der Waals surface area contributed by atoms with E-state index in [2.05, 4.69) is 4.72 Å². The van der Waals surface area contributed by atoms with Crippen LogP contribution in [0.3, 0.4) is 0 Å². The highest BCUT2D eigenvalue weighted by Crippen LogP contribution is 2.19. The summed E-state index contributed by atoms with van der Waals surface area (Å²) in [5.41, 5.74) is 0.957. The second-order valence-electron chi connectivity index (χ2n) is 4.93. The van der Waals surface area contributed by atoms with E-state index in [0.717, 1.165) is 17.7 Å². The summed E-state index contributed by atoms with van der Waals surface area (Å²) in [5, 5.41) is 9.16. The van der Waals surface area contributed by atoms with Crippen LogP contribution in [0.4, 0.5) is 4.39 Å². The third-order valence-electron chi connectivity index (χ3n) is 3.39. The first-order valence-corrected chi connectivity index (χ1v) is 8.42. The molecule has 4 nitrogen and oxygen atoms in total. The molecule has 2 N–H and O–H groups in total. The molecule has 118 valence electrons. The van der Waals surface area contributed by atoms with Crippen LogP contribution in [0.5, 0.6) is 0 Å². The maximum atomic E-state index is 12.9. The molecule has 0 aromatic heterocycles. The van der Waals surface area contributed by atoms with E-state index in [9.17, 15) is 12.8 Å². The number of benzene rings is 2. The SMILES string of the molecule is O=S(=O)(NCC(CCO)c1ccccc1)c1ccc(F)cc1. The summed E-state index contributed by atoms with van der Waals surface area (Å²) >= 11 is 0. The molecule has 0 bridgehead atoms. The molecule has 2 aromatic rings. The van der Waals surface area contributed by atoms with Crippen LogP contribution in [0.15, 0.2) is 59.5 Å². The van der Waals surface area contributed by atoms with Crippen molar-refractivity contribution in [2.45, 2.75) is 17.2 Å². The molecule has 0 saturated carbocycles. The van der Waals surface area contributed by atoms with Crippen molar-refractivity contribution in [2.75, 3.05) is 13.2 Å². The number of hydrogen-bond acceptors (Lipinski definition) is 3. The number of nitrogens with one attached hydrogen (secondary N) is 1. The van der Waals surface area contributed by atoms with Crippen LogP contribution in [0, 0.1) is 5.82 Å². The van der Waals surface area contributed by atoms with Gasteiger partial charge in [-0.2, -0.15) is 0 Å². The van der Waals surface area contributed by atoms with Crippen LogP contribution in [0.2, 0.25) is 0 Å². The number of halogens is 1. The van der Waals surface area contributed by atoms with E-state index in [-0.39, 0.29) is 24.0 Å². The Balaban J connectivity index is 2.10. The number of rotatable bonds is 7. The molecule has 0 aliphatic carbocycles. The van der Waals surface area contributed by atoms with Crippen molar-refractivity contribution >= 4 is 10.0 Å². The van der Waals surface area contributed by atoms with Crippen molar-refractivity contribution < 1.29 is 17.9 Å². The lowest BCUT2D eigenvalue weighted by atomic mass is 9.96. The molecule has 0 radical (unpaired) electrons. The van der Waals surface area contributed by atoms with Crippen LogP contribution in [-0.4, -0.2) is 26.7 Å². The van der Waals surface area contributed by atoms with Crippen LogP contribution in [0.25, 0.3) is 0 Å². The fraction of sp³-hybridized carbons (Fsp3) is 0.250. The molecule has 1 unspecified atom stereocenters. The van der Waals surface area contributed by atoms with Crippen molar-refractivity contribution in [3.63, 3.8) is 0 Å². The Labute approximate surface area is 129 Å². The monoisotopic (exact) mass is 323 g/mol. The lowest BCUT2D eigenvalue weighted by molar-refractivity contribution is 0.275. The smallest absolute Gasteiger partial charge is 0.240 e. The normalized spacial score (nSPS) is 13.0. The summed E-state index contributed by atoms with van der Waals surface area (Å²) in [7, 11) is -3.70. The molecule has 6 heteroatoms. The van der Waals surface area contributed by atoms with Gasteiger partial charge in [0, 0.05) is 13.2 Å². The van der Waals surface area contributed by atoms with Gasteiger partial charge in [0.2, 0.25) is 10.0 Å². The van der Waals surface area contributed by atoms with Gasteiger partial charge in [0.1, 0.15) is 5.82 Å². The van der Waals surface area contributed by atoms with E-state index in [1.54, 1.807) is 0 Å². The number of aliphatic hydroxyl groups is 1. The quantitative estimate of drug-likeness (QED) is 0.821. The molecule has 0 fully saturated rings. The highest BCUT2D eigenvalue weighted by molar-refractivity contribution is 7.89. The first kappa shape index (κ1) is 16.6. The Bertz CT molecular complexity index is 687. The van der Waals surface area contributed by atoms with Crippen molar-refractivity contribution in [2.24, 2.45) is 0 Å². The van der Waals surface area contributed by atoms with Crippen LogP contribution in [-0.2, 0) is 10.0 Å². The van der Waals surface area contributed by atoms with E-state index in [1.165, 1.54) is 12.1 Å². The molecule has 0 aliphatic heterocycles. The van der Waals surface area contributed by atoms with E-state index >= 15 is 0 Å². The van der Waals surface area contributed by atoms with Crippen molar-refractivity contribution in [1.29, 1.82) is 0 Å². The van der Waals surface area contributed by atoms with Gasteiger partial charge in [-0.3, -0.25) is 0 Å². The molecular formula is C16H18FNO3S. The van der Waals surface area contributed by atoms with Gasteiger partial charge in [-0.25, -0.2) is 17.5 Å². The Hall–Kier alpha value is -1.76. The molecule has 2 rings (SSSR count). The zero-order valence-corrected chi connectivity index (χ0v) is 12.8. The summed E-state index contributed by atoms with van der Waals surface area (Å²) in [6, 6.07) is 14.1. The maximum Gasteiger partial charge on any atom is 0.240 e. The van der Waals surface area contributed by atoms with Crippen LogP contribution >= 0.6 is 0 Å². The van der Waals surface area contributed by atoms with Gasteiger partial charge in [0.15, 0.2) is 0 Å². The van der Waals surface area contributed by atoms with E-state index in [4.69, 9.17) is 5.11 Å². The summed E-state index contributed by atoms with van der Waals surface area (Å²) in [6.07, 6.45) is 0.454. The van der Waals surface area contributed by atoms with Gasteiger partial charge in [-0.05, 0) is 42.2 Å². The second-order valence-corrected chi connectivity index (χ2v) is 6.69. The third-order valence-corrected chi connectivity index (χ3v) is 4.83. The number of sulfonamides is 1. The first-order chi connectivity index (χ1) is 10.5. The van der Waals surface area contributed by atoms with Crippen molar-refractivity contribution in [3.8, 4) is 0 Å². The number of aliphatic hydroxyl groups excluding tert-OH is 1. The molecule has 22 heavy (non-hydrogen) atoms. The highest BCUT2D eigenvalue weighted by atomic mass is 32.2. The Morgan fingerprint density at radius 2 is 1.68 bits per heavy atom. The van der Waals surface area contributed by atoms with Crippen molar-refractivity contribution in [1.82, 2.24) is 4.72 Å². The molecule has 0 amide bonds. The minimum Gasteiger partial charge on any atom is -0.396 e. The topological polar surface area (TPSA) is 66.4 Å². The summed E-state index contributed by atoms with van der Waals surface area (Å²) in [6.45, 7) is 0.141. The van der Waals surface area contributed by atoms with Gasteiger partial charge >= 0.3 is 0 Å². The summed E-state index contributed by atoms with van der Waals surface area (Å²) in [5.74, 6) is -0.609. The van der Waals surface area contributed by atoms with Gasteiger partial charge in [-0.15, -0.1) is 0 Å². The van der Waals surface area contributed by atoms with Gasteiger partial charge < -0.3 is 5.11 Å². The Morgan fingerprint density at radius 3 is 2.27 bits per heavy atom. The number of hydrogen-bond donors (Lipinski definition) is 2. The van der Waals surface area contributed by atoms with E-state index in [0.29, 0.717) is 6.42 Å². The molecule has 2 aromatic carbocycles. The fourth-order valence-corrected chi connectivity index (χ4v) is 3.26. The van der Waals surface area contributed by atoms with E-state index < -0.39 is 15.8 Å². The average Bonchev–Trinajstić information content (AvgIpc) is 2.53. The average molecular weight is 323 g/mol. The van der Waals surface area contributed by atoms with Gasteiger partial charge in [-0.1, -0.05) is 30.3 Å². The zero-order valence-electron chi connectivity index (χ0n) is 11.9. The standard InChI is InChI=1S/C16H18FNO3S/c17-15-6-8-16(9-7-15)22(20,21)18-12-14(10-11-19)13-4-2-1-3-5-13/h1-9,14,18-19H,10-12H2. The van der Waals surface area contributed by atoms with Crippen LogP contribution in [0.1, 0.15) is 17.9 Å². The van der Waals surface area contributed by atoms with E-state index in [1.807, 2.05) is 30.3 Å². The molecule has 1 atom stereocenters. The fourth-order valence-electron chi connectivity index (χ4n) is 2.18. The summed E-state index contributed by atoms with van der Waals surface area (Å²) < 4.78 is 39.8. The predicted molar refractivity (Wildman–Crippen MR) is 82.5 cm³/mol. The second kappa shape index (κ2) is 7.49.